The fourth-order valence-corrected chi connectivity index (χ4v) is 10.00. The minimum absolute atomic E-state index is 0.0318. The molecule has 1 saturated heterocycles. The van der Waals surface area contributed by atoms with Crippen molar-refractivity contribution in [3.63, 3.8) is 0 Å². The number of aliphatic hydroxyl groups is 3. The molecule has 0 amide bonds. The van der Waals surface area contributed by atoms with Crippen LogP contribution in [0.15, 0.2) is 65.7 Å². The Kier molecular flexibility index (Phi) is 36.1. The second-order valence-electron chi connectivity index (χ2n) is 19.1. The molecule has 1 fully saturated rings. The number of esters is 2. The number of phosphoric ester groups is 2. The number of phosphoric acid groups is 2. The van der Waals surface area contributed by atoms with Gasteiger partial charge in [-0.25, -0.2) is 13.9 Å². The first-order valence-corrected chi connectivity index (χ1v) is 30.1. The number of ether oxygens (including phenoxy) is 3. The summed E-state index contributed by atoms with van der Waals surface area (Å²) in [7, 11) is -10.9. The van der Waals surface area contributed by atoms with E-state index in [1.165, 1.54) is 76.7 Å². The van der Waals surface area contributed by atoms with E-state index < -0.39 is 83.7 Å². The molecule has 7 N–H and O–H groups in total. The summed E-state index contributed by atoms with van der Waals surface area (Å²) in [5.41, 5.74) is 4.59. The quantitative estimate of drug-likeness (QED) is 0.0153. The molecule has 74 heavy (non-hydrogen) atoms. The number of anilines is 1. The Morgan fingerprint density at radius 3 is 1.89 bits per heavy atom. The molecule has 3 unspecified atom stereocenters. The van der Waals surface area contributed by atoms with E-state index in [2.05, 4.69) is 48.3 Å². The van der Waals surface area contributed by atoms with Crippen molar-refractivity contribution in [2.75, 3.05) is 25.6 Å². The van der Waals surface area contributed by atoms with Crippen LogP contribution in [0.1, 0.15) is 194 Å². The topological polar surface area (TPSA) is 286 Å². The molecule has 1 aromatic rings. The Morgan fingerprint density at radius 2 is 1.30 bits per heavy atom. The number of rotatable bonds is 44. The Bertz CT molecular complexity index is 1960. The summed E-state index contributed by atoms with van der Waals surface area (Å²) in [5, 5.41) is 30.8. The minimum atomic E-state index is -5.44. The standard InChI is InChI=1S/C53H91N3O16P2/c1-4-6-34-44(57)35-30-26-22-18-14-11-12-15-19-23-27-31-36-48(58)67-40-45(70-49(59)37-32-28-24-20-16-10-8-7-9-13-17-21-25-29-33-43(3)5-2)41-68-73(63,64)72-74(65,66)69-42-46-50(60)51(61)52(71-46)56-39-38-47(54)55-53(56)62/h11-12,18-19,22-23,30,35,38-39,43-46,50-52,57,60-61H,4-10,13-17,20-21,24-29,31-34,36-37,40-42H2,1-3H3,(H,63,64)(H,65,66)(H2,54,55,62)/b12-11-,22-18-,23-19-,35-30-/t43?,44-,45+,46+,50+,51+,52+/m0/s1. The molecular formula is C53H91N3O16P2. The van der Waals surface area contributed by atoms with Gasteiger partial charge in [-0.3, -0.25) is 23.2 Å². The zero-order chi connectivity index (χ0) is 54.5. The maximum Gasteiger partial charge on any atom is 0.481 e. The van der Waals surface area contributed by atoms with Gasteiger partial charge in [0, 0.05) is 19.0 Å². The van der Waals surface area contributed by atoms with Gasteiger partial charge in [-0.05, 0) is 56.9 Å². The van der Waals surface area contributed by atoms with Crippen molar-refractivity contribution in [2.24, 2.45) is 5.92 Å². The van der Waals surface area contributed by atoms with Crippen molar-refractivity contribution in [2.45, 2.75) is 224 Å². The molecule has 9 atom stereocenters. The lowest BCUT2D eigenvalue weighted by Gasteiger charge is -2.21. The third kappa shape index (κ3) is 32.3. The molecule has 424 valence electrons. The van der Waals surface area contributed by atoms with Gasteiger partial charge in [0.15, 0.2) is 12.3 Å². The van der Waals surface area contributed by atoms with E-state index in [0.29, 0.717) is 19.3 Å². The molecule has 1 aliphatic rings. The van der Waals surface area contributed by atoms with E-state index in [9.17, 15) is 48.6 Å². The number of aliphatic hydroxyl groups excluding tert-OH is 3. The number of nitrogen functional groups attached to an aromatic ring is 1. The molecule has 0 radical (unpaired) electrons. The van der Waals surface area contributed by atoms with Gasteiger partial charge >= 0.3 is 33.3 Å². The molecule has 0 aromatic carbocycles. The lowest BCUT2D eigenvalue weighted by molar-refractivity contribution is -0.161. The summed E-state index contributed by atoms with van der Waals surface area (Å²) in [6, 6.07) is 1.24. The molecule has 0 bridgehead atoms. The lowest BCUT2D eigenvalue weighted by atomic mass is 9.99. The number of allylic oxidation sites excluding steroid dienone is 7. The van der Waals surface area contributed by atoms with Crippen LogP contribution in [-0.4, -0.2) is 96.9 Å². The second kappa shape index (κ2) is 40.0. The summed E-state index contributed by atoms with van der Waals surface area (Å²) in [6.07, 6.45) is 33.8. The van der Waals surface area contributed by atoms with E-state index in [1.807, 2.05) is 30.4 Å². The highest BCUT2D eigenvalue weighted by Gasteiger charge is 2.46. The predicted octanol–water partition coefficient (Wildman–Crippen LogP) is 10.6. The fourth-order valence-electron chi connectivity index (χ4n) is 7.89. The smallest absolute Gasteiger partial charge is 0.462 e. The van der Waals surface area contributed by atoms with E-state index in [4.69, 9.17) is 29.0 Å². The van der Waals surface area contributed by atoms with Gasteiger partial charge < -0.3 is 45.1 Å². The number of nitrogens with zero attached hydrogens (tertiary/aromatic N) is 2. The Morgan fingerprint density at radius 1 is 0.743 bits per heavy atom. The molecule has 21 heteroatoms. The van der Waals surface area contributed by atoms with Crippen LogP contribution >= 0.6 is 15.6 Å². The SMILES string of the molecule is CCCC[C@H](O)/C=C\C/C=C\C/C=C\C/C=C\CCCC(=O)OC[C@H](COP(=O)(O)OP(=O)(O)OC[C@H]1O[C@@H](n2ccc(N)nc2=O)[C@H](O)[C@@H]1O)OC(=O)CCCCCCCCCCCCCCCCC(C)CC. The van der Waals surface area contributed by atoms with Crippen molar-refractivity contribution in [3.05, 3.63) is 71.4 Å². The predicted molar refractivity (Wildman–Crippen MR) is 285 cm³/mol. The van der Waals surface area contributed by atoms with Crippen molar-refractivity contribution in [1.82, 2.24) is 9.55 Å². The number of unbranched alkanes of at least 4 members (excludes halogenated alkanes) is 15. The molecule has 1 aliphatic heterocycles. The lowest BCUT2D eigenvalue weighted by Crippen LogP contribution is -2.36. The largest absolute Gasteiger partial charge is 0.481 e. The Hall–Kier alpha value is -3.32. The molecule has 2 heterocycles. The number of aromatic nitrogens is 2. The molecule has 19 nitrogen and oxygen atoms in total. The summed E-state index contributed by atoms with van der Waals surface area (Å²) in [5.74, 6) is -0.546. The van der Waals surface area contributed by atoms with E-state index in [-0.39, 0.29) is 24.8 Å². The van der Waals surface area contributed by atoms with E-state index >= 15 is 0 Å². The molecule has 0 spiro atoms. The van der Waals surface area contributed by atoms with Crippen LogP contribution in [-0.2, 0) is 46.3 Å². The maximum atomic E-state index is 12.9. The van der Waals surface area contributed by atoms with Crippen LogP contribution in [0.4, 0.5) is 5.82 Å². The van der Waals surface area contributed by atoms with Crippen LogP contribution in [0, 0.1) is 5.92 Å². The Balaban J connectivity index is 1.81. The highest BCUT2D eigenvalue weighted by molar-refractivity contribution is 7.61. The van der Waals surface area contributed by atoms with Crippen molar-refractivity contribution in [3.8, 4) is 0 Å². The highest BCUT2D eigenvalue weighted by atomic mass is 31.3. The summed E-state index contributed by atoms with van der Waals surface area (Å²) in [4.78, 5) is 62.0. The third-order valence-corrected chi connectivity index (χ3v) is 15.1. The van der Waals surface area contributed by atoms with Crippen molar-refractivity contribution in [1.29, 1.82) is 0 Å². The molecule has 0 aliphatic carbocycles. The van der Waals surface area contributed by atoms with Crippen LogP contribution in [0.5, 0.6) is 0 Å². The fraction of sp³-hybridized carbons (Fsp3) is 0.736. The maximum absolute atomic E-state index is 12.9. The molecular weight excluding hydrogens is 997 g/mol. The van der Waals surface area contributed by atoms with E-state index in [0.717, 1.165) is 80.9 Å². The number of hydrogen-bond acceptors (Lipinski definition) is 16. The second-order valence-corrected chi connectivity index (χ2v) is 22.2. The Labute approximate surface area is 440 Å². The van der Waals surface area contributed by atoms with Gasteiger partial charge in [0.05, 0.1) is 19.3 Å². The van der Waals surface area contributed by atoms with Gasteiger partial charge in [0.1, 0.15) is 30.7 Å². The van der Waals surface area contributed by atoms with Crippen molar-refractivity contribution >= 4 is 33.4 Å². The first-order valence-electron chi connectivity index (χ1n) is 27.1. The third-order valence-electron chi connectivity index (χ3n) is 12.5. The average molecular weight is 1090 g/mol. The normalized spacial score (nSPS) is 20.1. The average Bonchev–Trinajstić information content (AvgIpc) is 3.64. The van der Waals surface area contributed by atoms with Gasteiger partial charge in [-0.1, -0.05) is 179 Å². The van der Waals surface area contributed by atoms with Gasteiger partial charge in [-0.2, -0.15) is 9.29 Å². The number of hydrogen-bond donors (Lipinski definition) is 6. The van der Waals surface area contributed by atoms with Crippen LogP contribution in [0.3, 0.4) is 0 Å². The number of carbonyl (C=O) groups excluding carboxylic acids is 2. The minimum Gasteiger partial charge on any atom is -0.462 e. The monoisotopic (exact) mass is 1090 g/mol. The van der Waals surface area contributed by atoms with Gasteiger partial charge in [-0.15, -0.1) is 0 Å². The number of nitrogens with two attached hydrogens (primary N) is 1. The highest BCUT2D eigenvalue weighted by Crippen LogP contribution is 2.60. The van der Waals surface area contributed by atoms with E-state index in [1.54, 1.807) is 0 Å². The van der Waals surface area contributed by atoms with Crippen molar-refractivity contribution < 1.29 is 71.4 Å². The van der Waals surface area contributed by atoms with Crippen LogP contribution < -0.4 is 11.4 Å². The molecule has 2 rings (SSSR count). The van der Waals surface area contributed by atoms with Gasteiger partial charge in [0.25, 0.3) is 0 Å². The van der Waals surface area contributed by atoms with Gasteiger partial charge in [0.2, 0.25) is 0 Å². The zero-order valence-electron chi connectivity index (χ0n) is 44.4. The first kappa shape index (κ1) is 66.8. The van der Waals surface area contributed by atoms with Crippen LogP contribution in [0.2, 0.25) is 0 Å². The number of carbonyl (C=O) groups is 2. The summed E-state index contributed by atoms with van der Waals surface area (Å²) >= 11 is 0. The first-order chi connectivity index (χ1) is 35.5. The molecule has 1 aromatic heterocycles. The van der Waals surface area contributed by atoms with Crippen LogP contribution in [0.25, 0.3) is 0 Å². The molecule has 0 saturated carbocycles. The summed E-state index contributed by atoms with van der Waals surface area (Å²) < 4.78 is 56.8. The summed E-state index contributed by atoms with van der Waals surface area (Å²) in [6.45, 7) is 4.31. The zero-order valence-corrected chi connectivity index (χ0v) is 46.2.